The zero-order valence-corrected chi connectivity index (χ0v) is 14.4. The van der Waals surface area contributed by atoms with E-state index in [4.69, 9.17) is 11.6 Å². The molecule has 6 heteroatoms. The van der Waals surface area contributed by atoms with Gasteiger partial charge in [0.25, 0.3) is 0 Å². The van der Waals surface area contributed by atoms with Gasteiger partial charge in [-0.15, -0.1) is 0 Å². The van der Waals surface area contributed by atoms with Crippen LogP contribution in [0.5, 0.6) is 0 Å². The Labute approximate surface area is 142 Å². The molecule has 0 N–H and O–H groups in total. The SMILES string of the molecule is CCc1cc(N2CCN(Cc3ccc(Cl)nc3)CC2)nc(C)n1. The van der Waals surface area contributed by atoms with Crippen molar-refractivity contribution in [3.63, 3.8) is 0 Å². The van der Waals surface area contributed by atoms with Crippen LogP contribution in [0.25, 0.3) is 0 Å². The monoisotopic (exact) mass is 331 g/mol. The largest absolute Gasteiger partial charge is 0.354 e. The summed E-state index contributed by atoms with van der Waals surface area (Å²) < 4.78 is 0. The number of pyridine rings is 1. The number of rotatable bonds is 4. The highest BCUT2D eigenvalue weighted by Crippen LogP contribution is 2.17. The molecule has 23 heavy (non-hydrogen) atoms. The molecule has 0 unspecified atom stereocenters. The molecule has 0 aromatic carbocycles. The Balaban J connectivity index is 1.60. The average Bonchev–Trinajstić information content (AvgIpc) is 2.57. The molecule has 2 aromatic heterocycles. The van der Waals surface area contributed by atoms with E-state index in [-0.39, 0.29) is 0 Å². The minimum absolute atomic E-state index is 0.546. The molecule has 3 rings (SSSR count). The van der Waals surface area contributed by atoms with Gasteiger partial charge in [0.2, 0.25) is 0 Å². The molecule has 1 aliphatic rings. The molecule has 0 saturated carbocycles. The zero-order chi connectivity index (χ0) is 16.2. The van der Waals surface area contributed by atoms with E-state index in [0.717, 1.165) is 56.5 Å². The fraction of sp³-hybridized carbons (Fsp3) is 0.471. The first-order valence-corrected chi connectivity index (χ1v) is 8.44. The number of hydrogen-bond acceptors (Lipinski definition) is 5. The van der Waals surface area contributed by atoms with Gasteiger partial charge in [0.15, 0.2) is 0 Å². The number of piperazine rings is 1. The Morgan fingerprint density at radius 3 is 2.57 bits per heavy atom. The van der Waals surface area contributed by atoms with Crippen LogP contribution < -0.4 is 4.90 Å². The van der Waals surface area contributed by atoms with Crippen molar-refractivity contribution in [2.45, 2.75) is 26.8 Å². The lowest BCUT2D eigenvalue weighted by molar-refractivity contribution is 0.249. The first kappa shape index (κ1) is 16.1. The number of anilines is 1. The van der Waals surface area contributed by atoms with Gasteiger partial charge in [-0.05, 0) is 25.0 Å². The minimum Gasteiger partial charge on any atom is -0.354 e. The van der Waals surface area contributed by atoms with E-state index in [1.54, 1.807) is 0 Å². The van der Waals surface area contributed by atoms with Crippen molar-refractivity contribution in [2.75, 3.05) is 31.1 Å². The van der Waals surface area contributed by atoms with Gasteiger partial charge >= 0.3 is 0 Å². The molecular weight excluding hydrogens is 310 g/mol. The van der Waals surface area contributed by atoms with Crippen LogP contribution in [0, 0.1) is 6.92 Å². The molecular formula is C17H22ClN5. The van der Waals surface area contributed by atoms with Gasteiger partial charge in [0.05, 0.1) is 0 Å². The predicted octanol–water partition coefficient (Wildman–Crippen LogP) is 2.72. The summed E-state index contributed by atoms with van der Waals surface area (Å²) in [5, 5.41) is 0.546. The molecule has 3 heterocycles. The fourth-order valence-corrected chi connectivity index (χ4v) is 2.96. The Morgan fingerprint density at radius 1 is 1.13 bits per heavy atom. The lowest BCUT2D eigenvalue weighted by Crippen LogP contribution is -2.46. The standard InChI is InChI=1S/C17H22ClN5/c1-3-15-10-17(21-13(2)20-15)23-8-6-22(7-9-23)12-14-4-5-16(18)19-11-14/h4-5,10-11H,3,6-9,12H2,1-2H3. The van der Waals surface area contributed by atoms with Crippen LogP contribution in [0.2, 0.25) is 5.15 Å². The lowest BCUT2D eigenvalue weighted by atomic mass is 10.2. The zero-order valence-electron chi connectivity index (χ0n) is 13.7. The summed E-state index contributed by atoms with van der Waals surface area (Å²) in [6.07, 6.45) is 2.80. The summed E-state index contributed by atoms with van der Waals surface area (Å²) in [7, 11) is 0. The van der Waals surface area contributed by atoms with Crippen LogP contribution in [0.4, 0.5) is 5.82 Å². The number of halogens is 1. The Kier molecular flexibility index (Phi) is 5.08. The van der Waals surface area contributed by atoms with Crippen molar-refractivity contribution in [3.8, 4) is 0 Å². The average molecular weight is 332 g/mol. The molecule has 122 valence electrons. The van der Waals surface area contributed by atoms with Gasteiger partial charge in [0.1, 0.15) is 16.8 Å². The second-order valence-electron chi connectivity index (χ2n) is 5.87. The van der Waals surface area contributed by atoms with Crippen LogP contribution in [0.15, 0.2) is 24.4 Å². The van der Waals surface area contributed by atoms with Crippen molar-refractivity contribution in [3.05, 3.63) is 46.6 Å². The minimum atomic E-state index is 0.546. The summed E-state index contributed by atoms with van der Waals surface area (Å²) in [5.74, 6) is 1.91. The highest BCUT2D eigenvalue weighted by atomic mass is 35.5. The molecule has 0 bridgehead atoms. The summed E-state index contributed by atoms with van der Waals surface area (Å²) in [4.78, 5) is 18.0. The van der Waals surface area contributed by atoms with Gasteiger partial charge in [-0.2, -0.15) is 0 Å². The fourth-order valence-electron chi connectivity index (χ4n) is 2.85. The van der Waals surface area contributed by atoms with Gasteiger partial charge in [-0.1, -0.05) is 24.6 Å². The molecule has 1 aliphatic heterocycles. The third-order valence-corrected chi connectivity index (χ3v) is 4.35. The van der Waals surface area contributed by atoms with Gasteiger partial charge in [-0.3, -0.25) is 4.90 Å². The Bertz CT molecular complexity index is 651. The number of aryl methyl sites for hydroxylation is 2. The quantitative estimate of drug-likeness (QED) is 0.806. The molecule has 0 aliphatic carbocycles. The molecule has 0 spiro atoms. The topological polar surface area (TPSA) is 45.2 Å². The highest BCUT2D eigenvalue weighted by Gasteiger charge is 2.19. The Morgan fingerprint density at radius 2 is 1.91 bits per heavy atom. The van der Waals surface area contributed by atoms with E-state index < -0.39 is 0 Å². The molecule has 1 saturated heterocycles. The van der Waals surface area contributed by atoms with Crippen LogP contribution in [-0.4, -0.2) is 46.0 Å². The lowest BCUT2D eigenvalue weighted by Gasteiger charge is -2.35. The molecule has 5 nitrogen and oxygen atoms in total. The normalized spacial score (nSPS) is 15.9. The van der Waals surface area contributed by atoms with Crippen molar-refractivity contribution >= 4 is 17.4 Å². The third-order valence-electron chi connectivity index (χ3n) is 4.13. The molecule has 0 amide bonds. The maximum Gasteiger partial charge on any atom is 0.132 e. The summed E-state index contributed by atoms with van der Waals surface area (Å²) in [6.45, 7) is 9.03. The summed E-state index contributed by atoms with van der Waals surface area (Å²) in [5.41, 5.74) is 2.32. The van der Waals surface area contributed by atoms with Crippen LogP contribution in [-0.2, 0) is 13.0 Å². The molecule has 2 aromatic rings. The second kappa shape index (κ2) is 7.23. The van der Waals surface area contributed by atoms with Gasteiger partial charge in [0, 0.05) is 50.7 Å². The molecule has 1 fully saturated rings. The number of nitrogens with zero attached hydrogens (tertiary/aromatic N) is 5. The van der Waals surface area contributed by atoms with Crippen molar-refractivity contribution in [1.29, 1.82) is 0 Å². The van der Waals surface area contributed by atoms with Crippen LogP contribution >= 0.6 is 11.6 Å². The van der Waals surface area contributed by atoms with E-state index in [0.29, 0.717) is 5.15 Å². The Hall–Kier alpha value is -1.72. The van der Waals surface area contributed by atoms with Gasteiger partial charge < -0.3 is 4.90 Å². The maximum absolute atomic E-state index is 5.84. The first-order chi connectivity index (χ1) is 11.1. The molecule has 0 atom stereocenters. The third kappa shape index (κ3) is 4.18. The summed E-state index contributed by atoms with van der Waals surface area (Å²) >= 11 is 5.84. The maximum atomic E-state index is 5.84. The predicted molar refractivity (Wildman–Crippen MR) is 92.9 cm³/mol. The van der Waals surface area contributed by atoms with Crippen LogP contribution in [0.1, 0.15) is 24.0 Å². The second-order valence-corrected chi connectivity index (χ2v) is 6.26. The molecule has 0 radical (unpaired) electrons. The van der Waals surface area contributed by atoms with E-state index in [2.05, 4.69) is 37.7 Å². The summed E-state index contributed by atoms with van der Waals surface area (Å²) in [6, 6.07) is 6.01. The smallest absolute Gasteiger partial charge is 0.132 e. The first-order valence-electron chi connectivity index (χ1n) is 8.06. The van der Waals surface area contributed by atoms with Gasteiger partial charge in [-0.25, -0.2) is 15.0 Å². The number of hydrogen-bond donors (Lipinski definition) is 0. The van der Waals surface area contributed by atoms with Crippen molar-refractivity contribution in [2.24, 2.45) is 0 Å². The van der Waals surface area contributed by atoms with E-state index in [1.807, 2.05) is 25.3 Å². The van der Waals surface area contributed by atoms with E-state index >= 15 is 0 Å². The van der Waals surface area contributed by atoms with Crippen LogP contribution in [0.3, 0.4) is 0 Å². The van der Waals surface area contributed by atoms with E-state index in [1.165, 1.54) is 5.56 Å². The number of aromatic nitrogens is 3. The van der Waals surface area contributed by atoms with E-state index in [9.17, 15) is 0 Å². The highest BCUT2D eigenvalue weighted by molar-refractivity contribution is 6.29. The van der Waals surface area contributed by atoms with Crippen molar-refractivity contribution in [1.82, 2.24) is 19.9 Å². The van der Waals surface area contributed by atoms with Crippen molar-refractivity contribution < 1.29 is 0 Å².